The second-order valence-corrected chi connectivity index (χ2v) is 8.30. The third kappa shape index (κ3) is 5.21. The number of rotatable bonds is 10. The smallest absolute Gasteiger partial charge is 0.295 e. The molecule has 0 aliphatic carbocycles. The van der Waals surface area contributed by atoms with E-state index >= 15 is 0 Å². The van der Waals surface area contributed by atoms with Crippen LogP contribution < -0.4 is 9.47 Å². The molecule has 1 saturated heterocycles. The molecule has 2 aromatic rings. The third-order valence-corrected chi connectivity index (χ3v) is 5.88. The van der Waals surface area contributed by atoms with E-state index in [0.29, 0.717) is 24.5 Å². The third-order valence-electron chi connectivity index (χ3n) is 5.88. The van der Waals surface area contributed by atoms with Gasteiger partial charge in [-0.3, -0.25) is 9.59 Å². The van der Waals surface area contributed by atoms with Crippen LogP contribution in [0.3, 0.4) is 0 Å². The molecule has 6 nitrogen and oxygen atoms in total. The van der Waals surface area contributed by atoms with E-state index in [9.17, 15) is 14.7 Å². The minimum absolute atomic E-state index is 0.114. The van der Waals surface area contributed by atoms with Crippen LogP contribution in [0.1, 0.15) is 62.3 Å². The lowest BCUT2D eigenvalue weighted by molar-refractivity contribution is -0.139. The standard InChI is InChI=1S/C27H33NO5/c1-5-7-8-15-28-24(19-9-12-21(32-4)13-10-19)23(26(30)27(28)31)25(29)20-11-14-22(18(3)17-20)33-16-6-2/h9-14,17,24,29H,5-8,15-16H2,1-4H3/b25-23-. The minimum Gasteiger partial charge on any atom is -0.507 e. The molecule has 1 unspecified atom stereocenters. The van der Waals surface area contributed by atoms with Crippen LogP contribution in [0, 0.1) is 6.92 Å². The number of benzene rings is 2. The summed E-state index contributed by atoms with van der Waals surface area (Å²) < 4.78 is 11.0. The fourth-order valence-electron chi connectivity index (χ4n) is 4.10. The van der Waals surface area contributed by atoms with Crippen molar-refractivity contribution in [3.05, 3.63) is 64.7 Å². The van der Waals surface area contributed by atoms with Gasteiger partial charge in [-0.15, -0.1) is 0 Å². The summed E-state index contributed by atoms with van der Waals surface area (Å²) in [5, 5.41) is 11.2. The zero-order valence-corrected chi connectivity index (χ0v) is 19.9. The fourth-order valence-corrected chi connectivity index (χ4v) is 4.10. The second-order valence-electron chi connectivity index (χ2n) is 8.30. The molecule has 3 rings (SSSR count). The predicted molar refractivity (Wildman–Crippen MR) is 128 cm³/mol. The van der Waals surface area contributed by atoms with Crippen LogP contribution in [-0.2, 0) is 9.59 Å². The molecule has 1 fully saturated rings. The van der Waals surface area contributed by atoms with Gasteiger partial charge in [0.2, 0.25) is 0 Å². The molecule has 1 heterocycles. The number of Topliss-reactive ketones (excluding diaryl/α,β-unsaturated/α-hetero) is 1. The van der Waals surface area contributed by atoms with Gasteiger partial charge in [-0.25, -0.2) is 0 Å². The molecule has 0 saturated carbocycles. The molecule has 176 valence electrons. The number of nitrogens with zero attached hydrogens (tertiary/aromatic N) is 1. The van der Waals surface area contributed by atoms with Crippen molar-refractivity contribution in [3.63, 3.8) is 0 Å². The highest BCUT2D eigenvalue weighted by molar-refractivity contribution is 6.46. The van der Waals surface area contributed by atoms with Crippen LogP contribution in [0.15, 0.2) is 48.0 Å². The van der Waals surface area contributed by atoms with Gasteiger partial charge in [0.25, 0.3) is 11.7 Å². The summed E-state index contributed by atoms with van der Waals surface area (Å²) >= 11 is 0. The van der Waals surface area contributed by atoms with Gasteiger partial charge in [0.15, 0.2) is 0 Å². The van der Waals surface area contributed by atoms with Gasteiger partial charge in [0, 0.05) is 12.1 Å². The SMILES string of the molecule is CCCCCN1C(=O)C(=O)/C(=C(\O)c2ccc(OCCC)c(C)c2)C1c1ccc(OC)cc1. The van der Waals surface area contributed by atoms with Crippen LogP contribution in [0.2, 0.25) is 0 Å². The van der Waals surface area contributed by atoms with Crippen molar-refractivity contribution in [2.75, 3.05) is 20.3 Å². The molecule has 0 bridgehead atoms. The molecule has 1 N–H and O–H groups in total. The van der Waals surface area contributed by atoms with E-state index < -0.39 is 17.7 Å². The molecule has 1 amide bonds. The van der Waals surface area contributed by atoms with Crippen molar-refractivity contribution < 1.29 is 24.2 Å². The molecule has 0 aromatic heterocycles. The van der Waals surface area contributed by atoms with Crippen LogP contribution in [0.5, 0.6) is 11.5 Å². The first kappa shape index (κ1) is 24.4. The lowest BCUT2D eigenvalue weighted by atomic mass is 9.94. The Morgan fingerprint density at radius 2 is 1.76 bits per heavy atom. The van der Waals surface area contributed by atoms with Gasteiger partial charge in [0.1, 0.15) is 17.3 Å². The average Bonchev–Trinajstić information content (AvgIpc) is 3.08. The maximum atomic E-state index is 13.1. The van der Waals surface area contributed by atoms with E-state index in [1.165, 1.54) is 0 Å². The number of ketones is 1. The Hall–Kier alpha value is -3.28. The average molecular weight is 452 g/mol. The molecule has 6 heteroatoms. The number of likely N-dealkylation sites (tertiary alicyclic amines) is 1. The van der Waals surface area contributed by atoms with E-state index in [1.54, 1.807) is 42.3 Å². The van der Waals surface area contributed by atoms with Gasteiger partial charge < -0.3 is 19.5 Å². The highest BCUT2D eigenvalue weighted by Gasteiger charge is 2.45. The Bertz CT molecular complexity index is 1030. The Morgan fingerprint density at radius 1 is 1.03 bits per heavy atom. The maximum absolute atomic E-state index is 13.1. The predicted octanol–water partition coefficient (Wildman–Crippen LogP) is 5.40. The summed E-state index contributed by atoms with van der Waals surface area (Å²) in [5.74, 6) is 0.0132. The number of aryl methyl sites for hydroxylation is 1. The number of amides is 1. The fraction of sp³-hybridized carbons (Fsp3) is 0.407. The first-order chi connectivity index (χ1) is 15.9. The second kappa shape index (κ2) is 11.0. The molecule has 1 aliphatic heterocycles. The zero-order chi connectivity index (χ0) is 24.0. The minimum atomic E-state index is -0.659. The lowest BCUT2D eigenvalue weighted by Gasteiger charge is -2.25. The summed E-state index contributed by atoms with van der Waals surface area (Å²) in [6.07, 6.45) is 3.64. The largest absolute Gasteiger partial charge is 0.507 e. The van der Waals surface area contributed by atoms with E-state index in [-0.39, 0.29) is 11.3 Å². The van der Waals surface area contributed by atoms with E-state index in [4.69, 9.17) is 9.47 Å². The Kier molecular flexibility index (Phi) is 8.15. The number of ether oxygens (including phenoxy) is 2. The van der Waals surface area contributed by atoms with Crippen molar-refractivity contribution in [2.45, 2.75) is 52.5 Å². The summed E-state index contributed by atoms with van der Waals surface area (Å²) in [6.45, 7) is 7.08. The van der Waals surface area contributed by atoms with Crippen molar-refractivity contribution in [1.29, 1.82) is 0 Å². The highest BCUT2D eigenvalue weighted by Crippen LogP contribution is 2.40. The van der Waals surface area contributed by atoms with Gasteiger partial charge in [-0.2, -0.15) is 0 Å². The molecule has 0 radical (unpaired) electrons. The van der Waals surface area contributed by atoms with Gasteiger partial charge in [0.05, 0.1) is 25.3 Å². The maximum Gasteiger partial charge on any atom is 0.295 e. The summed E-state index contributed by atoms with van der Waals surface area (Å²) in [5.41, 5.74) is 2.21. The van der Waals surface area contributed by atoms with Crippen LogP contribution in [0.4, 0.5) is 0 Å². The van der Waals surface area contributed by atoms with Gasteiger partial charge in [-0.1, -0.05) is 38.8 Å². The number of carbonyl (C=O) groups excluding carboxylic acids is 2. The lowest BCUT2D eigenvalue weighted by Crippen LogP contribution is -2.30. The van der Waals surface area contributed by atoms with Crippen LogP contribution in [0.25, 0.3) is 5.76 Å². The number of aliphatic hydroxyl groups excluding tert-OH is 1. The summed E-state index contributed by atoms with van der Waals surface area (Å²) in [6, 6.07) is 11.9. The first-order valence-corrected chi connectivity index (χ1v) is 11.6. The van der Waals surface area contributed by atoms with E-state index in [2.05, 4.69) is 6.92 Å². The van der Waals surface area contributed by atoms with E-state index in [1.807, 2.05) is 26.0 Å². The normalized spacial score (nSPS) is 17.5. The summed E-state index contributed by atoms with van der Waals surface area (Å²) in [4.78, 5) is 27.7. The van der Waals surface area contributed by atoms with Crippen LogP contribution in [-0.4, -0.2) is 42.0 Å². The summed E-state index contributed by atoms with van der Waals surface area (Å²) in [7, 11) is 1.59. The van der Waals surface area contributed by atoms with Crippen LogP contribution >= 0.6 is 0 Å². The monoisotopic (exact) mass is 451 g/mol. The zero-order valence-electron chi connectivity index (χ0n) is 19.9. The number of hydrogen-bond donors (Lipinski definition) is 1. The molecular weight excluding hydrogens is 418 g/mol. The number of carbonyl (C=O) groups is 2. The van der Waals surface area contributed by atoms with Crippen molar-refractivity contribution in [2.24, 2.45) is 0 Å². The molecule has 1 aliphatic rings. The number of methoxy groups -OCH3 is 1. The Balaban J connectivity index is 2.07. The number of aliphatic hydroxyl groups is 1. The number of hydrogen-bond acceptors (Lipinski definition) is 5. The Morgan fingerprint density at radius 3 is 2.36 bits per heavy atom. The topological polar surface area (TPSA) is 76.1 Å². The van der Waals surface area contributed by atoms with Crippen molar-refractivity contribution >= 4 is 17.4 Å². The van der Waals surface area contributed by atoms with Gasteiger partial charge >= 0.3 is 0 Å². The Labute approximate surface area is 195 Å². The molecular formula is C27H33NO5. The van der Waals surface area contributed by atoms with Crippen molar-refractivity contribution in [3.8, 4) is 11.5 Å². The van der Waals surface area contributed by atoms with E-state index in [0.717, 1.165) is 42.6 Å². The van der Waals surface area contributed by atoms with Crippen molar-refractivity contribution in [1.82, 2.24) is 4.90 Å². The molecule has 33 heavy (non-hydrogen) atoms. The molecule has 1 atom stereocenters. The first-order valence-electron chi connectivity index (χ1n) is 11.6. The molecule has 0 spiro atoms. The van der Waals surface area contributed by atoms with Gasteiger partial charge in [-0.05, 0) is 61.2 Å². The highest BCUT2D eigenvalue weighted by atomic mass is 16.5. The number of unbranched alkanes of at least 4 members (excludes halogenated alkanes) is 2. The molecule has 2 aromatic carbocycles. The quantitative estimate of drug-likeness (QED) is 0.226.